The quantitative estimate of drug-likeness (QED) is 0.809. The Labute approximate surface area is 90.4 Å². The van der Waals surface area contributed by atoms with Gasteiger partial charge in [0.05, 0.1) is 18.9 Å². The van der Waals surface area contributed by atoms with Gasteiger partial charge < -0.3 is 10.5 Å². The highest BCUT2D eigenvalue weighted by Crippen LogP contribution is 2.23. The van der Waals surface area contributed by atoms with Crippen LogP contribution >= 0.6 is 0 Å². The van der Waals surface area contributed by atoms with E-state index in [2.05, 4.69) is 23.6 Å². The van der Waals surface area contributed by atoms with Crippen molar-refractivity contribution in [1.82, 2.24) is 9.78 Å². The molecule has 2 rings (SSSR count). The molecule has 2 heterocycles. The number of ether oxygens (including phenoxy) is 1. The lowest BCUT2D eigenvalue weighted by Gasteiger charge is -2.16. The van der Waals surface area contributed by atoms with Crippen molar-refractivity contribution in [2.75, 3.05) is 13.2 Å². The fraction of sp³-hybridized carbons (Fsp3) is 0.727. The summed E-state index contributed by atoms with van der Waals surface area (Å²) in [5, 5.41) is 4.64. The van der Waals surface area contributed by atoms with E-state index < -0.39 is 0 Å². The van der Waals surface area contributed by atoms with Gasteiger partial charge in [0.25, 0.3) is 0 Å². The summed E-state index contributed by atoms with van der Waals surface area (Å²) in [5.74, 6) is 0. The summed E-state index contributed by atoms with van der Waals surface area (Å²) in [7, 11) is 0. The lowest BCUT2D eigenvalue weighted by Crippen LogP contribution is -2.15. The molecule has 0 saturated heterocycles. The molecule has 0 aromatic carbocycles. The minimum Gasteiger partial charge on any atom is -0.376 e. The van der Waals surface area contributed by atoms with Gasteiger partial charge in [-0.25, -0.2) is 0 Å². The Hall–Kier alpha value is -0.870. The fourth-order valence-corrected chi connectivity index (χ4v) is 2.10. The van der Waals surface area contributed by atoms with Gasteiger partial charge in [-0.3, -0.25) is 4.68 Å². The third-order valence-corrected chi connectivity index (χ3v) is 2.80. The molecular weight excluding hydrogens is 190 g/mol. The van der Waals surface area contributed by atoms with Gasteiger partial charge in [0, 0.05) is 30.1 Å². The SMILES string of the molecule is CC(C)n1nc(CCN)c2c1CCOC2. The topological polar surface area (TPSA) is 53.1 Å². The van der Waals surface area contributed by atoms with Crippen molar-refractivity contribution in [2.45, 2.75) is 39.3 Å². The molecule has 0 spiro atoms. The molecule has 0 atom stereocenters. The Morgan fingerprint density at radius 1 is 1.53 bits per heavy atom. The maximum atomic E-state index is 5.59. The Bertz CT molecular complexity index is 344. The van der Waals surface area contributed by atoms with Crippen LogP contribution in [0.2, 0.25) is 0 Å². The van der Waals surface area contributed by atoms with Crippen LogP contribution in [-0.4, -0.2) is 22.9 Å². The first kappa shape index (κ1) is 10.6. The molecule has 4 nitrogen and oxygen atoms in total. The van der Waals surface area contributed by atoms with E-state index in [4.69, 9.17) is 10.5 Å². The average molecular weight is 209 g/mol. The second-order valence-electron chi connectivity index (χ2n) is 4.25. The Kier molecular flexibility index (Phi) is 3.07. The van der Waals surface area contributed by atoms with E-state index in [1.165, 1.54) is 11.3 Å². The summed E-state index contributed by atoms with van der Waals surface area (Å²) in [6, 6.07) is 0.420. The molecular formula is C11H19N3O. The van der Waals surface area contributed by atoms with Crippen LogP contribution in [0.25, 0.3) is 0 Å². The van der Waals surface area contributed by atoms with Crippen molar-refractivity contribution < 1.29 is 4.74 Å². The van der Waals surface area contributed by atoms with E-state index in [9.17, 15) is 0 Å². The third kappa shape index (κ3) is 1.92. The minimum atomic E-state index is 0.420. The van der Waals surface area contributed by atoms with Gasteiger partial charge in [-0.05, 0) is 20.4 Å². The summed E-state index contributed by atoms with van der Waals surface area (Å²) < 4.78 is 7.61. The van der Waals surface area contributed by atoms with Crippen LogP contribution < -0.4 is 5.73 Å². The highest BCUT2D eigenvalue weighted by Gasteiger charge is 2.21. The van der Waals surface area contributed by atoms with Crippen molar-refractivity contribution in [1.29, 1.82) is 0 Å². The van der Waals surface area contributed by atoms with Gasteiger partial charge in [-0.2, -0.15) is 5.10 Å². The molecule has 0 radical (unpaired) electrons. The molecule has 0 amide bonds. The van der Waals surface area contributed by atoms with Gasteiger partial charge >= 0.3 is 0 Å². The number of hydrogen-bond acceptors (Lipinski definition) is 3. The van der Waals surface area contributed by atoms with Crippen molar-refractivity contribution in [3.05, 3.63) is 17.0 Å². The molecule has 0 aliphatic carbocycles. The van der Waals surface area contributed by atoms with Crippen LogP contribution in [0.5, 0.6) is 0 Å². The van der Waals surface area contributed by atoms with Gasteiger partial charge in [-0.1, -0.05) is 0 Å². The molecule has 2 N–H and O–H groups in total. The molecule has 0 fully saturated rings. The number of rotatable bonds is 3. The zero-order valence-corrected chi connectivity index (χ0v) is 9.49. The standard InChI is InChI=1S/C11H19N3O/c1-8(2)14-11-4-6-15-7-9(11)10(13-14)3-5-12/h8H,3-7,12H2,1-2H3. The fourth-order valence-electron chi connectivity index (χ4n) is 2.10. The van der Waals surface area contributed by atoms with Crippen LogP contribution in [0.1, 0.15) is 36.8 Å². The van der Waals surface area contributed by atoms with Gasteiger partial charge in [0.2, 0.25) is 0 Å². The van der Waals surface area contributed by atoms with E-state index in [-0.39, 0.29) is 0 Å². The maximum Gasteiger partial charge on any atom is 0.0753 e. The molecule has 4 heteroatoms. The molecule has 0 bridgehead atoms. The molecule has 1 aromatic rings. The largest absolute Gasteiger partial charge is 0.376 e. The van der Waals surface area contributed by atoms with E-state index in [1.54, 1.807) is 0 Å². The average Bonchev–Trinajstić information content (AvgIpc) is 2.59. The zero-order chi connectivity index (χ0) is 10.8. The van der Waals surface area contributed by atoms with E-state index >= 15 is 0 Å². The van der Waals surface area contributed by atoms with Gasteiger partial charge in [-0.15, -0.1) is 0 Å². The summed E-state index contributed by atoms with van der Waals surface area (Å²) in [6.45, 7) is 6.50. The highest BCUT2D eigenvalue weighted by atomic mass is 16.5. The van der Waals surface area contributed by atoms with E-state index in [0.29, 0.717) is 19.2 Å². The Morgan fingerprint density at radius 3 is 3.00 bits per heavy atom. The maximum absolute atomic E-state index is 5.59. The number of aromatic nitrogens is 2. The van der Waals surface area contributed by atoms with Crippen molar-refractivity contribution in [3.8, 4) is 0 Å². The predicted octanol–water partition coefficient (Wildman–Crippen LogP) is 1.04. The first-order valence-corrected chi connectivity index (χ1v) is 5.61. The molecule has 84 valence electrons. The van der Waals surface area contributed by atoms with Crippen LogP contribution in [0.3, 0.4) is 0 Å². The minimum absolute atomic E-state index is 0.420. The molecule has 1 aromatic heterocycles. The molecule has 1 aliphatic heterocycles. The molecule has 0 saturated carbocycles. The normalized spacial score (nSPS) is 15.7. The van der Waals surface area contributed by atoms with Crippen LogP contribution in [0, 0.1) is 0 Å². The lowest BCUT2D eigenvalue weighted by atomic mass is 10.1. The van der Waals surface area contributed by atoms with Crippen molar-refractivity contribution in [2.24, 2.45) is 5.73 Å². The van der Waals surface area contributed by atoms with Crippen LogP contribution in [0.15, 0.2) is 0 Å². The van der Waals surface area contributed by atoms with Gasteiger partial charge in [0.15, 0.2) is 0 Å². The second-order valence-corrected chi connectivity index (χ2v) is 4.25. The summed E-state index contributed by atoms with van der Waals surface area (Å²) in [5.41, 5.74) is 9.34. The number of fused-ring (bicyclic) bond motifs is 1. The molecule has 1 aliphatic rings. The van der Waals surface area contributed by atoms with Crippen molar-refractivity contribution in [3.63, 3.8) is 0 Å². The predicted molar refractivity (Wildman–Crippen MR) is 58.7 cm³/mol. The van der Waals surface area contributed by atoms with Crippen LogP contribution in [-0.2, 0) is 24.2 Å². The number of hydrogen-bond donors (Lipinski definition) is 1. The summed E-state index contributed by atoms with van der Waals surface area (Å²) >= 11 is 0. The zero-order valence-electron chi connectivity index (χ0n) is 9.49. The first-order chi connectivity index (χ1) is 7.24. The molecule has 0 unspecified atom stereocenters. The number of nitrogens with two attached hydrogens (primary N) is 1. The van der Waals surface area contributed by atoms with E-state index in [0.717, 1.165) is 25.1 Å². The first-order valence-electron chi connectivity index (χ1n) is 5.61. The molecule has 15 heavy (non-hydrogen) atoms. The van der Waals surface area contributed by atoms with E-state index in [1.807, 2.05) is 0 Å². The third-order valence-electron chi connectivity index (χ3n) is 2.80. The second kappa shape index (κ2) is 4.33. The van der Waals surface area contributed by atoms with Crippen LogP contribution in [0.4, 0.5) is 0 Å². The Balaban J connectivity index is 2.40. The summed E-state index contributed by atoms with van der Waals surface area (Å²) in [6.07, 6.45) is 1.83. The summed E-state index contributed by atoms with van der Waals surface area (Å²) in [4.78, 5) is 0. The number of nitrogens with zero attached hydrogens (tertiary/aromatic N) is 2. The van der Waals surface area contributed by atoms with Crippen molar-refractivity contribution >= 4 is 0 Å². The lowest BCUT2D eigenvalue weighted by molar-refractivity contribution is 0.108. The Morgan fingerprint density at radius 2 is 2.33 bits per heavy atom. The van der Waals surface area contributed by atoms with Gasteiger partial charge in [0.1, 0.15) is 0 Å². The highest BCUT2D eigenvalue weighted by molar-refractivity contribution is 5.28. The smallest absolute Gasteiger partial charge is 0.0753 e. The monoisotopic (exact) mass is 209 g/mol.